The number of piperidine rings is 1. The first-order valence-corrected chi connectivity index (χ1v) is 9.58. The topological polar surface area (TPSA) is 50.5 Å². The molecule has 8 heteroatoms. The van der Waals surface area contributed by atoms with E-state index < -0.39 is 11.9 Å². The van der Waals surface area contributed by atoms with Gasteiger partial charge in [0, 0.05) is 24.2 Å². The zero-order valence-electron chi connectivity index (χ0n) is 16.1. The normalized spacial score (nSPS) is 20.2. The van der Waals surface area contributed by atoms with E-state index in [9.17, 15) is 18.0 Å². The fraction of sp³-hybridized carbons (Fsp3) is 0.381. The molecule has 3 aromatic rings. The molecule has 0 saturated carbocycles. The zero-order valence-corrected chi connectivity index (χ0v) is 16.1. The average molecular weight is 402 g/mol. The van der Waals surface area contributed by atoms with Crippen LogP contribution in [0.1, 0.15) is 42.9 Å². The van der Waals surface area contributed by atoms with Gasteiger partial charge < -0.3 is 4.90 Å². The fourth-order valence-electron chi connectivity index (χ4n) is 3.89. The molecule has 152 valence electrons. The number of benzene rings is 1. The van der Waals surface area contributed by atoms with Crippen molar-refractivity contribution in [1.29, 1.82) is 0 Å². The van der Waals surface area contributed by atoms with Crippen LogP contribution in [0.15, 0.2) is 42.5 Å². The molecule has 2 aromatic heterocycles. The van der Waals surface area contributed by atoms with Gasteiger partial charge in [-0.15, -0.1) is 0 Å². The minimum Gasteiger partial charge on any atom is -0.335 e. The first-order chi connectivity index (χ1) is 13.7. The van der Waals surface area contributed by atoms with Gasteiger partial charge in [0.2, 0.25) is 0 Å². The van der Waals surface area contributed by atoms with Crippen molar-refractivity contribution in [2.75, 3.05) is 6.54 Å². The Morgan fingerprint density at radius 2 is 1.86 bits per heavy atom. The minimum atomic E-state index is -4.63. The van der Waals surface area contributed by atoms with Crippen LogP contribution in [-0.2, 0) is 6.18 Å². The van der Waals surface area contributed by atoms with Crippen LogP contribution in [0.2, 0.25) is 0 Å². The van der Waals surface area contributed by atoms with Gasteiger partial charge in [0.05, 0.1) is 5.69 Å². The third kappa shape index (κ3) is 3.71. The quantitative estimate of drug-likeness (QED) is 0.626. The maximum atomic E-state index is 13.7. The van der Waals surface area contributed by atoms with E-state index in [-0.39, 0.29) is 29.0 Å². The fourth-order valence-corrected chi connectivity index (χ4v) is 3.89. The number of rotatable bonds is 2. The molecule has 29 heavy (non-hydrogen) atoms. The van der Waals surface area contributed by atoms with Gasteiger partial charge in [0.25, 0.3) is 5.91 Å². The van der Waals surface area contributed by atoms with Gasteiger partial charge in [-0.1, -0.05) is 37.3 Å². The van der Waals surface area contributed by atoms with Crippen molar-refractivity contribution in [2.24, 2.45) is 5.92 Å². The molecule has 1 aliphatic heterocycles. The van der Waals surface area contributed by atoms with Crippen LogP contribution in [0.25, 0.3) is 16.9 Å². The molecule has 0 aliphatic carbocycles. The number of fused-ring (bicyclic) bond motifs is 1. The molecule has 5 nitrogen and oxygen atoms in total. The first-order valence-electron chi connectivity index (χ1n) is 9.58. The SMILES string of the molecule is C[C@@H]1CCN(C(=O)c2cc3nc(-c4ccccc4)cc(C(F)(F)F)n3n2)[C@@H](C)C1. The van der Waals surface area contributed by atoms with Gasteiger partial charge in [-0.25, -0.2) is 9.50 Å². The van der Waals surface area contributed by atoms with Gasteiger partial charge in [0.1, 0.15) is 0 Å². The molecule has 1 aliphatic rings. The third-order valence-electron chi connectivity index (χ3n) is 5.41. The monoisotopic (exact) mass is 402 g/mol. The number of hydrogen-bond donors (Lipinski definition) is 0. The summed E-state index contributed by atoms with van der Waals surface area (Å²) in [4.78, 5) is 19.0. The maximum absolute atomic E-state index is 13.7. The second kappa shape index (κ2) is 7.17. The van der Waals surface area contributed by atoms with Crippen molar-refractivity contribution in [3.63, 3.8) is 0 Å². The maximum Gasteiger partial charge on any atom is 0.433 e. The van der Waals surface area contributed by atoms with E-state index in [0.29, 0.717) is 18.0 Å². The van der Waals surface area contributed by atoms with Crippen molar-refractivity contribution < 1.29 is 18.0 Å². The number of aromatic nitrogens is 3. The van der Waals surface area contributed by atoms with E-state index in [2.05, 4.69) is 17.0 Å². The highest BCUT2D eigenvalue weighted by Gasteiger charge is 2.36. The molecule has 1 fully saturated rings. The van der Waals surface area contributed by atoms with E-state index >= 15 is 0 Å². The number of nitrogens with zero attached hydrogens (tertiary/aromatic N) is 4. The van der Waals surface area contributed by atoms with E-state index in [0.717, 1.165) is 23.4 Å². The van der Waals surface area contributed by atoms with E-state index in [1.165, 1.54) is 6.07 Å². The summed E-state index contributed by atoms with van der Waals surface area (Å²) in [5.41, 5.74) is -0.229. The van der Waals surface area contributed by atoms with Crippen molar-refractivity contribution in [2.45, 2.75) is 38.9 Å². The molecule has 1 amide bonds. The van der Waals surface area contributed by atoms with Crippen molar-refractivity contribution in [1.82, 2.24) is 19.5 Å². The Hall–Kier alpha value is -2.90. The smallest absolute Gasteiger partial charge is 0.335 e. The minimum absolute atomic E-state index is 0.0000543. The van der Waals surface area contributed by atoms with Crippen LogP contribution in [0, 0.1) is 5.92 Å². The van der Waals surface area contributed by atoms with E-state index in [4.69, 9.17) is 0 Å². The Labute approximate surface area is 166 Å². The van der Waals surface area contributed by atoms with Crippen LogP contribution < -0.4 is 0 Å². The van der Waals surface area contributed by atoms with Crippen LogP contribution in [0.3, 0.4) is 0 Å². The number of carbonyl (C=O) groups is 1. The lowest BCUT2D eigenvalue weighted by Gasteiger charge is -2.36. The van der Waals surface area contributed by atoms with Crippen LogP contribution in [0.5, 0.6) is 0 Å². The molecule has 0 unspecified atom stereocenters. The molecule has 0 radical (unpaired) electrons. The van der Waals surface area contributed by atoms with Crippen LogP contribution >= 0.6 is 0 Å². The molecule has 0 bridgehead atoms. The standard InChI is InChI=1S/C21H21F3N4O/c1-13-8-9-27(14(2)10-13)20(29)17-12-19-25-16(15-6-4-3-5-7-15)11-18(21(22,23)24)28(19)26-17/h3-7,11-14H,8-10H2,1-2H3/t13-,14+/m1/s1. The highest BCUT2D eigenvalue weighted by Crippen LogP contribution is 2.32. The highest BCUT2D eigenvalue weighted by molar-refractivity contribution is 5.93. The Kier molecular flexibility index (Phi) is 4.80. The second-order valence-electron chi connectivity index (χ2n) is 7.67. The van der Waals surface area contributed by atoms with Crippen molar-refractivity contribution >= 4 is 11.6 Å². The van der Waals surface area contributed by atoms with Crippen molar-refractivity contribution in [3.05, 3.63) is 53.9 Å². The molecule has 2 atom stereocenters. The highest BCUT2D eigenvalue weighted by atomic mass is 19.4. The summed E-state index contributed by atoms with van der Waals surface area (Å²) in [6, 6.07) is 11.0. The molecule has 1 saturated heterocycles. The Balaban J connectivity index is 1.79. The molecular formula is C21H21F3N4O. The van der Waals surface area contributed by atoms with Gasteiger partial charge in [-0.05, 0) is 31.7 Å². The number of carbonyl (C=O) groups excluding carboxylic acids is 1. The molecule has 4 rings (SSSR count). The largest absolute Gasteiger partial charge is 0.433 e. The summed E-state index contributed by atoms with van der Waals surface area (Å²) >= 11 is 0. The Morgan fingerprint density at radius 1 is 1.14 bits per heavy atom. The first kappa shape index (κ1) is 19.4. The lowest BCUT2D eigenvalue weighted by molar-refractivity contribution is -0.142. The van der Waals surface area contributed by atoms with Gasteiger partial charge in [-0.2, -0.15) is 18.3 Å². The summed E-state index contributed by atoms with van der Waals surface area (Å²) in [6.45, 7) is 4.66. The Bertz CT molecular complexity index is 1050. The van der Waals surface area contributed by atoms with Gasteiger partial charge in [0.15, 0.2) is 17.0 Å². The molecule has 3 heterocycles. The lowest BCUT2D eigenvalue weighted by atomic mass is 9.93. The summed E-state index contributed by atoms with van der Waals surface area (Å²) in [5, 5.41) is 3.99. The second-order valence-corrected chi connectivity index (χ2v) is 7.67. The van der Waals surface area contributed by atoms with Crippen LogP contribution in [0.4, 0.5) is 13.2 Å². The zero-order chi connectivity index (χ0) is 20.8. The summed E-state index contributed by atoms with van der Waals surface area (Å²) in [7, 11) is 0. The molecule has 1 aromatic carbocycles. The number of amides is 1. The summed E-state index contributed by atoms with van der Waals surface area (Å²) in [5.74, 6) is 0.159. The molecular weight excluding hydrogens is 381 g/mol. The average Bonchev–Trinajstić information content (AvgIpc) is 3.10. The summed E-state index contributed by atoms with van der Waals surface area (Å²) in [6.07, 6.45) is -2.90. The van der Waals surface area contributed by atoms with Gasteiger partial charge >= 0.3 is 6.18 Å². The predicted molar refractivity (Wildman–Crippen MR) is 102 cm³/mol. The van der Waals surface area contributed by atoms with Crippen molar-refractivity contribution in [3.8, 4) is 11.3 Å². The molecule has 0 spiro atoms. The number of likely N-dealkylation sites (tertiary alicyclic amines) is 1. The Morgan fingerprint density at radius 3 is 2.52 bits per heavy atom. The number of alkyl halides is 3. The number of hydrogen-bond acceptors (Lipinski definition) is 3. The van der Waals surface area contributed by atoms with Gasteiger partial charge in [-0.3, -0.25) is 4.79 Å². The van der Waals surface area contributed by atoms with Crippen LogP contribution in [-0.4, -0.2) is 38.0 Å². The van der Waals surface area contributed by atoms with E-state index in [1.54, 1.807) is 35.2 Å². The number of halogens is 3. The summed E-state index contributed by atoms with van der Waals surface area (Å²) < 4.78 is 41.8. The predicted octanol–water partition coefficient (Wildman–Crippen LogP) is 4.68. The third-order valence-corrected chi connectivity index (χ3v) is 5.41. The lowest BCUT2D eigenvalue weighted by Crippen LogP contribution is -2.44. The van der Waals surface area contributed by atoms with E-state index in [1.807, 2.05) is 6.92 Å². The molecule has 0 N–H and O–H groups in total.